The Morgan fingerprint density at radius 1 is 0.971 bits per heavy atom. The molecule has 0 heterocycles. The average Bonchev–Trinajstić information content (AvgIpc) is 3.64. The molecule has 2 aliphatic rings. The molecule has 34 heavy (non-hydrogen) atoms. The lowest BCUT2D eigenvalue weighted by atomic mass is 9.77. The fourth-order valence-corrected chi connectivity index (χ4v) is 8.50. The van der Waals surface area contributed by atoms with E-state index in [2.05, 4.69) is 34.6 Å². The minimum Gasteiger partial charge on any atom is -0.270 e. The summed E-state index contributed by atoms with van der Waals surface area (Å²) in [6.45, 7) is 13.1. The summed E-state index contributed by atoms with van der Waals surface area (Å²) in [6.07, 6.45) is 5.54. The predicted octanol–water partition coefficient (Wildman–Crippen LogP) is 5.70. The largest absolute Gasteiger partial charge is 0.270 e. The van der Waals surface area contributed by atoms with E-state index in [1.54, 1.807) is 11.2 Å². The summed E-state index contributed by atoms with van der Waals surface area (Å²) in [5.41, 5.74) is 1.95. The molecule has 0 spiro atoms. The van der Waals surface area contributed by atoms with Crippen LogP contribution in [0.5, 0.6) is 0 Å². The normalized spacial score (nSPS) is 20.1. The van der Waals surface area contributed by atoms with Gasteiger partial charge in [0.05, 0.1) is 16.7 Å². The van der Waals surface area contributed by atoms with Crippen molar-refractivity contribution in [3.63, 3.8) is 0 Å². The standard InChI is InChI=1S/C27H45NO4S2/c1-7-22(19-33(29,30)8-2)20(3)17-21-9-13-24(14-10-21)28(34(31,32)25-15-16-25)18-26(23-11-12-23)27(4,5)6/h9-10,13-14,20,22-23,25-26H,7-8,11-12,15-19H2,1-6H3/t20?,22-,26+/m0/s1. The van der Waals surface area contributed by atoms with Gasteiger partial charge in [-0.3, -0.25) is 4.31 Å². The molecule has 194 valence electrons. The molecule has 1 aromatic carbocycles. The fourth-order valence-electron chi connectivity index (χ4n) is 5.17. The van der Waals surface area contributed by atoms with Gasteiger partial charge in [-0.05, 0) is 78.9 Å². The number of hydrogen-bond donors (Lipinski definition) is 0. The lowest BCUT2D eigenvalue weighted by Crippen LogP contribution is -2.42. The zero-order valence-corrected chi connectivity index (χ0v) is 23.6. The van der Waals surface area contributed by atoms with Crippen molar-refractivity contribution in [3.05, 3.63) is 29.8 Å². The molecule has 5 nitrogen and oxygen atoms in total. The molecular weight excluding hydrogens is 466 g/mol. The summed E-state index contributed by atoms with van der Waals surface area (Å²) in [6, 6.07) is 7.98. The average molecular weight is 512 g/mol. The Morgan fingerprint density at radius 3 is 2.00 bits per heavy atom. The van der Waals surface area contributed by atoms with E-state index in [-0.39, 0.29) is 34.0 Å². The number of benzene rings is 1. The minimum absolute atomic E-state index is 0.0574. The maximum Gasteiger partial charge on any atom is 0.238 e. The molecule has 0 aliphatic heterocycles. The minimum atomic E-state index is -3.35. The Kier molecular flexibility index (Phi) is 8.49. The van der Waals surface area contributed by atoms with Gasteiger partial charge in [-0.25, -0.2) is 16.8 Å². The van der Waals surface area contributed by atoms with Crippen molar-refractivity contribution in [2.75, 3.05) is 22.4 Å². The summed E-state index contributed by atoms with van der Waals surface area (Å²) in [7, 11) is -6.36. The second-order valence-corrected chi connectivity index (χ2v) is 16.3. The van der Waals surface area contributed by atoms with Crippen LogP contribution in [0.2, 0.25) is 0 Å². The summed E-state index contributed by atoms with van der Waals surface area (Å²) in [5, 5.41) is -0.238. The SMILES string of the molecule is CC[C@@H](CS(=O)(=O)CC)C(C)Cc1ccc(N(C[C@H](C2CC2)C(C)(C)C)S(=O)(=O)C2CC2)cc1. The zero-order valence-electron chi connectivity index (χ0n) is 22.0. The predicted molar refractivity (Wildman–Crippen MR) is 142 cm³/mol. The molecular formula is C27H45NO4S2. The van der Waals surface area contributed by atoms with Gasteiger partial charge in [0.15, 0.2) is 0 Å². The van der Waals surface area contributed by atoms with Crippen LogP contribution in [0, 0.1) is 29.1 Å². The van der Waals surface area contributed by atoms with Crippen LogP contribution >= 0.6 is 0 Å². The van der Waals surface area contributed by atoms with Crippen LogP contribution in [0.1, 0.15) is 79.2 Å². The lowest BCUT2D eigenvalue weighted by Gasteiger charge is -2.36. The van der Waals surface area contributed by atoms with Gasteiger partial charge in [-0.1, -0.05) is 60.1 Å². The Morgan fingerprint density at radius 2 is 1.56 bits per heavy atom. The van der Waals surface area contributed by atoms with Gasteiger partial charge in [0.2, 0.25) is 10.0 Å². The third kappa shape index (κ3) is 6.99. The van der Waals surface area contributed by atoms with Crippen LogP contribution in [0.3, 0.4) is 0 Å². The topological polar surface area (TPSA) is 71.5 Å². The van der Waals surface area contributed by atoms with E-state index in [0.29, 0.717) is 18.4 Å². The van der Waals surface area contributed by atoms with Crippen LogP contribution in [-0.2, 0) is 26.3 Å². The molecule has 0 radical (unpaired) electrons. The molecule has 3 atom stereocenters. The highest BCUT2D eigenvalue weighted by Crippen LogP contribution is 2.47. The van der Waals surface area contributed by atoms with Gasteiger partial charge < -0.3 is 0 Å². The monoisotopic (exact) mass is 511 g/mol. The van der Waals surface area contributed by atoms with Crippen LogP contribution in [0.25, 0.3) is 0 Å². The van der Waals surface area contributed by atoms with Gasteiger partial charge in [0.25, 0.3) is 0 Å². The summed E-state index contributed by atoms with van der Waals surface area (Å²) < 4.78 is 52.8. The van der Waals surface area contributed by atoms with Crippen molar-refractivity contribution in [2.24, 2.45) is 29.1 Å². The Balaban J connectivity index is 1.78. The van der Waals surface area contributed by atoms with Crippen molar-refractivity contribution in [1.29, 1.82) is 0 Å². The maximum atomic E-state index is 13.4. The smallest absolute Gasteiger partial charge is 0.238 e. The van der Waals surface area contributed by atoms with E-state index in [0.717, 1.165) is 36.9 Å². The first-order valence-corrected chi connectivity index (χ1v) is 16.4. The highest BCUT2D eigenvalue weighted by Gasteiger charge is 2.45. The third-order valence-corrected chi connectivity index (χ3v) is 12.0. The van der Waals surface area contributed by atoms with Crippen LogP contribution in [0.4, 0.5) is 5.69 Å². The molecule has 2 aliphatic carbocycles. The molecule has 0 aromatic heterocycles. The van der Waals surface area contributed by atoms with E-state index in [1.807, 2.05) is 24.3 Å². The number of sulfonamides is 1. The summed E-state index contributed by atoms with van der Waals surface area (Å²) in [5.74, 6) is 1.74. The lowest BCUT2D eigenvalue weighted by molar-refractivity contribution is 0.219. The molecule has 2 saturated carbocycles. The Bertz CT molecular complexity index is 1020. The van der Waals surface area contributed by atoms with Gasteiger partial charge in [-0.15, -0.1) is 0 Å². The number of sulfone groups is 1. The first-order chi connectivity index (χ1) is 15.8. The first kappa shape index (κ1) is 27.5. The van der Waals surface area contributed by atoms with Gasteiger partial charge in [-0.2, -0.15) is 0 Å². The van der Waals surface area contributed by atoms with E-state index in [9.17, 15) is 16.8 Å². The van der Waals surface area contributed by atoms with E-state index in [4.69, 9.17) is 0 Å². The second kappa shape index (κ2) is 10.5. The Hall–Kier alpha value is -1.08. The van der Waals surface area contributed by atoms with E-state index < -0.39 is 19.9 Å². The first-order valence-electron chi connectivity index (χ1n) is 13.1. The molecule has 2 fully saturated rings. The summed E-state index contributed by atoms with van der Waals surface area (Å²) >= 11 is 0. The van der Waals surface area contributed by atoms with Crippen LogP contribution < -0.4 is 4.31 Å². The molecule has 1 aromatic rings. The van der Waals surface area contributed by atoms with Crippen LogP contribution in [0.15, 0.2) is 24.3 Å². The Labute approximate surface area is 208 Å². The van der Waals surface area contributed by atoms with Crippen molar-refractivity contribution in [2.45, 2.75) is 85.3 Å². The van der Waals surface area contributed by atoms with Gasteiger partial charge in [0.1, 0.15) is 9.84 Å². The van der Waals surface area contributed by atoms with Gasteiger partial charge in [0, 0.05) is 12.3 Å². The van der Waals surface area contributed by atoms with E-state index in [1.165, 1.54) is 12.8 Å². The van der Waals surface area contributed by atoms with E-state index >= 15 is 0 Å². The second-order valence-electron chi connectivity index (χ2n) is 11.8. The zero-order chi connectivity index (χ0) is 25.3. The molecule has 0 saturated heterocycles. The molecule has 0 bridgehead atoms. The molecule has 0 amide bonds. The van der Waals surface area contributed by atoms with Crippen molar-refractivity contribution in [1.82, 2.24) is 0 Å². The van der Waals surface area contributed by atoms with Crippen molar-refractivity contribution < 1.29 is 16.8 Å². The highest BCUT2D eigenvalue weighted by atomic mass is 32.2. The van der Waals surface area contributed by atoms with Crippen molar-refractivity contribution in [3.8, 4) is 0 Å². The highest BCUT2D eigenvalue weighted by molar-refractivity contribution is 7.93. The maximum absolute atomic E-state index is 13.4. The quantitative estimate of drug-likeness (QED) is 0.341. The summed E-state index contributed by atoms with van der Waals surface area (Å²) in [4.78, 5) is 0. The number of hydrogen-bond acceptors (Lipinski definition) is 4. The molecule has 7 heteroatoms. The van der Waals surface area contributed by atoms with Gasteiger partial charge >= 0.3 is 0 Å². The number of nitrogens with zero attached hydrogens (tertiary/aromatic N) is 1. The molecule has 3 rings (SSSR count). The number of anilines is 1. The number of rotatable bonds is 13. The molecule has 1 unspecified atom stereocenters. The molecule has 0 N–H and O–H groups in total. The van der Waals surface area contributed by atoms with Crippen molar-refractivity contribution >= 4 is 25.5 Å². The third-order valence-electron chi connectivity index (χ3n) is 7.94. The fraction of sp³-hybridized carbons (Fsp3) is 0.778. The van der Waals surface area contributed by atoms with Crippen LogP contribution in [-0.4, -0.2) is 40.1 Å².